The highest BCUT2D eigenvalue weighted by Gasteiger charge is 2.28. The molecule has 0 amide bonds. The van der Waals surface area contributed by atoms with Crippen LogP contribution in [0.4, 0.5) is 0 Å². The van der Waals surface area contributed by atoms with Crippen LogP contribution in [0.3, 0.4) is 0 Å². The zero-order chi connectivity index (χ0) is 14.4. The van der Waals surface area contributed by atoms with Crippen LogP contribution in [-0.2, 0) is 0 Å². The summed E-state index contributed by atoms with van der Waals surface area (Å²) in [5, 5.41) is 14.1. The number of aliphatic hydroxyl groups is 1. The Kier molecular flexibility index (Phi) is 5.44. The van der Waals surface area contributed by atoms with Gasteiger partial charge in [-0.3, -0.25) is 0 Å². The highest BCUT2D eigenvalue weighted by Crippen LogP contribution is 2.27. The van der Waals surface area contributed by atoms with E-state index in [0.29, 0.717) is 6.54 Å². The average Bonchev–Trinajstić information content (AvgIpc) is 2.70. The van der Waals surface area contributed by atoms with Gasteiger partial charge >= 0.3 is 0 Å². The quantitative estimate of drug-likeness (QED) is 0.810. The molecule has 1 fully saturated rings. The van der Waals surface area contributed by atoms with E-state index in [2.05, 4.69) is 24.4 Å². The normalized spacial score (nSPS) is 20.1. The van der Waals surface area contributed by atoms with Crippen molar-refractivity contribution in [3.05, 3.63) is 29.8 Å². The van der Waals surface area contributed by atoms with Gasteiger partial charge in [-0.1, -0.05) is 37.8 Å². The Hall–Kier alpha value is -1.06. The van der Waals surface area contributed by atoms with Crippen LogP contribution in [0.5, 0.6) is 5.75 Å². The highest BCUT2D eigenvalue weighted by atomic mass is 16.5. The molecule has 112 valence electrons. The van der Waals surface area contributed by atoms with Crippen LogP contribution in [0.1, 0.15) is 57.1 Å². The smallest absolute Gasteiger partial charge is 0.119 e. The lowest BCUT2D eigenvalue weighted by molar-refractivity contribution is 0.0231. The van der Waals surface area contributed by atoms with Crippen LogP contribution in [0, 0.1) is 0 Å². The minimum Gasteiger partial charge on any atom is -0.497 e. The molecule has 2 rings (SSSR count). The summed E-state index contributed by atoms with van der Waals surface area (Å²) >= 11 is 0. The molecule has 0 radical (unpaired) electrons. The van der Waals surface area contributed by atoms with Crippen LogP contribution >= 0.6 is 0 Å². The summed E-state index contributed by atoms with van der Waals surface area (Å²) < 4.78 is 5.26. The van der Waals surface area contributed by atoms with E-state index in [-0.39, 0.29) is 6.04 Å². The van der Waals surface area contributed by atoms with Gasteiger partial charge in [0.25, 0.3) is 0 Å². The number of hydrogen-bond acceptors (Lipinski definition) is 3. The maximum Gasteiger partial charge on any atom is 0.119 e. The van der Waals surface area contributed by atoms with E-state index < -0.39 is 5.60 Å². The molecule has 3 nitrogen and oxygen atoms in total. The van der Waals surface area contributed by atoms with Gasteiger partial charge < -0.3 is 15.2 Å². The Bertz CT molecular complexity index is 411. The van der Waals surface area contributed by atoms with Gasteiger partial charge in [-0.05, 0) is 37.5 Å². The fraction of sp³-hybridized carbons (Fsp3) is 0.647. The summed E-state index contributed by atoms with van der Waals surface area (Å²) in [4.78, 5) is 0. The molecule has 1 aliphatic carbocycles. The van der Waals surface area contributed by atoms with Crippen molar-refractivity contribution < 1.29 is 9.84 Å². The SMILES string of the molecule is COc1cccc(C(C)NCC2(O)CCCCCC2)c1. The second kappa shape index (κ2) is 7.09. The lowest BCUT2D eigenvalue weighted by atomic mass is 9.94. The van der Waals surface area contributed by atoms with Gasteiger partial charge in [0.05, 0.1) is 12.7 Å². The van der Waals surface area contributed by atoms with Crippen molar-refractivity contribution in [2.45, 2.75) is 57.1 Å². The summed E-state index contributed by atoms with van der Waals surface area (Å²) in [6.45, 7) is 2.81. The van der Waals surface area contributed by atoms with Crippen molar-refractivity contribution in [3.8, 4) is 5.75 Å². The Balaban J connectivity index is 1.91. The molecule has 0 aromatic heterocycles. The third-order valence-corrected chi connectivity index (χ3v) is 4.37. The predicted molar refractivity (Wildman–Crippen MR) is 82.1 cm³/mol. The van der Waals surface area contributed by atoms with E-state index in [1.165, 1.54) is 18.4 Å². The van der Waals surface area contributed by atoms with E-state index >= 15 is 0 Å². The van der Waals surface area contributed by atoms with Crippen LogP contribution in [0.15, 0.2) is 24.3 Å². The molecule has 0 spiro atoms. The summed E-state index contributed by atoms with van der Waals surface area (Å²) in [6.07, 6.45) is 6.65. The molecule has 0 saturated heterocycles. The van der Waals surface area contributed by atoms with Crippen molar-refractivity contribution in [1.29, 1.82) is 0 Å². The van der Waals surface area contributed by atoms with Gasteiger partial charge in [0.15, 0.2) is 0 Å². The third-order valence-electron chi connectivity index (χ3n) is 4.37. The molecule has 1 aromatic rings. The van der Waals surface area contributed by atoms with E-state index in [4.69, 9.17) is 4.74 Å². The molecule has 3 heteroatoms. The zero-order valence-corrected chi connectivity index (χ0v) is 12.7. The number of benzene rings is 1. The molecule has 1 saturated carbocycles. The second-order valence-corrected chi connectivity index (χ2v) is 6.02. The second-order valence-electron chi connectivity index (χ2n) is 6.02. The first-order valence-corrected chi connectivity index (χ1v) is 7.73. The standard InChI is InChI=1S/C17H27NO2/c1-14(15-8-7-9-16(12-15)20-2)18-13-17(19)10-5-3-4-6-11-17/h7-9,12,14,18-19H,3-6,10-11,13H2,1-2H3. The molecule has 20 heavy (non-hydrogen) atoms. The van der Waals surface area contributed by atoms with Crippen molar-refractivity contribution in [2.24, 2.45) is 0 Å². The number of nitrogens with one attached hydrogen (secondary N) is 1. The van der Waals surface area contributed by atoms with Crippen molar-refractivity contribution in [3.63, 3.8) is 0 Å². The molecule has 1 atom stereocenters. The Morgan fingerprint density at radius 1 is 1.25 bits per heavy atom. The van der Waals surface area contributed by atoms with Gasteiger partial charge in [0.1, 0.15) is 5.75 Å². The van der Waals surface area contributed by atoms with E-state index in [1.807, 2.05) is 12.1 Å². The fourth-order valence-corrected chi connectivity index (χ4v) is 2.94. The Labute approximate surface area is 122 Å². The molecular formula is C17H27NO2. The molecule has 2 N–H and O–H groups in total. The number of ether oxygens (including phenoxy) is 1. The van der Waals surface area contributed by atoms with E-state index in [1.54, 1.807) is 7.11 Å². The number of hydrogen-bond donors (Lipinski definition) is 2. The van der Waals surface area contributed by atoms with Crippen LogP contribution < -0.4 is 10.1 Å². The number of rotatable bonds is 5. The first kappa shape index (κ1) is 15.3. The molecule has 0 heterocycles. The molecule has 1 unspecified atom stereocenters. The molecule has 1 aromatic carbocycles. The van der Waals surface area contributed by atoms with Crippen LogP contribution in [0.25, 0.3) is 0 Å². The number of methoxy groups -OCH3 is 1. The molecule has 1 aliphatic rings. The average molecular weight is 277 g/mol. The van der Waals surface area contributed by atoms with Gasteiger partial charge in [0, 0.05) is 12.6 Å². The lowest BCUT2D eigenvalue weighted by Gasteiger charge is -2.29. The highest BCUT2D eigenvalue weighted by molar-refractivity contribution is 5.30. The summed E-state index contributed by atoms with van der Waals surface area (Å²) in [5.74, 6) is 0.879. The fourth-order valence-electron chi connectivity index (χ4n) is 2.94. The van der Waals surface area contributed by atoms with Gasteiger partial charge in [0.2, 0.25) is 0 Å². The molecule has 0 bridgehead atoms. The first-order valence-electron chi connectivity index (χ1n) is 7.73. The topological polar surface area (TPSA) is 41.5 Å². The third kappa shape index (κ3) is 4.22. The Morgan fingerprint density at radius 3 is 2.60 bits per heavy atom. The maximum atomic E-state index is 10.7. The summed E-state index contributed by atoms with van der Waals surface area (Å²) in [6, 6.07) is 8.32. The van der Waals surface area contributed by atoms with Crippen LogP contribution in [0.2, 0.25) is 0 Å². The largest absolute Gasteiger partial charge is 0.497 e. The zero-order valence-electron chi connectivity index (χ0n) is 12.7. The van der Waals surface area contributed by atoms with Gasteiger partial charge in [-0.25, -0.2) is 0 Å². The van der Waals surface area contributed by atoms with E-state index in [9.17, 15) is 5.11 Å². The first-order chi connectivity index (χ1) is 9.63. The monoisotopic (exact) mass is 277 g/mol. The van der Waals surface area contributed by atoms with Crippen molar-refractivity contribution >= 4 is 0 Å². The van der Waals surface area contributed by atoms with Crippen molar-refractivity contribution in [1.82, 2.24) is 5.32 Å². The minimum absolute atomic E-state index is 0.220. The Morgan fingerprint density at radius 2 is 1.95 bits per heavy atom. The van der Waals surface area contributed by atoms with E-state index in [0.717, 1.165) is 31.4 Å². The van der Waals surface area contributed by atoms with Crippen molar-refractivity contribution in [2.75, 3.05) is 13.7 Å². The summed E-state index contributed by atoms with van der Waals surface area (Å²) in [5.41, 5.74) is 0.672. The minimum atomic E-state index is -0.524. The summed E-state index contributed by atoms with van der Waals surface area (Å²) in [7, 11) is 1.69. The predicted octanol–water partition coefficient (Wildman–Crippen LogP) is 3.43. The maximum absolute atomic E-state index is 10.7. The molecule has 0 aliphatic heterocycles. The van der Waals surface area contributed by atoms with Crippen LogP contribution in [-0.4, -0.2) is 24.4 Å². The molecular weight excluding hydrogens is 250 g/mol. The van der Waals surface area contributed by atoms with Gasteiger partial charge in [-0.15, -0.1) is 0 Å². The van der Waals surface area contributed by atoms with Gasteiger partial charge in [-0.2, -0.15) is 0 Å². The lowest BCUT2D eigenvalue weighted by Crippen LogP contribution is -2.41.